The predicted octanol–water partition coefficient (Wildman–Crippen LogP) is 4.39. The number of quaternary nitrogens is 1. The molecule has 4 unspecified atom stereocenters. The van der Waals surface area contributed by atoms with Crippen LogP contribution in [0.3, 0.4) is 0 Å². The quantitative estimate of drug-likeness (QED) is 0.206. The zero-order chi connectivity index (χ0) is 26.9. The molecule has 4 aliphatic rings. The highest BCUT2D eigenvalue weighted by atomic mass is 127. The highest BCUT2D eigenvalue weighted by molar-refractivity contribution is 14.1. The Morgan fingerprint density at radius 1 is 1.32 bits per heavy atom. The number of hydrogen-bond acceptors (Lipinski definition) is 6. The Labute approximate surface area is 239 Å². The van der Waals surface area contributed by atoms with Gasteiger partial charge in [-0.25, -0.2) is 14.3 Å². The molecule has 2 saturated heterocycles. The van der Waals surface area contributed by atoms with E-state index in [0.717, 1.165) is 82.4 Å². The Morgan fingerprint density at radius 2 is 2.11 bits per heavy atom. The van der Waals surface area contributed by atoms with Gasteiger partial charge in [0.2, 0.25) is 0 Å². The van der Waals surface area contributed by atoms with Crippen LogP contribution in [0.4, 0.5) is 6.01 Å². The summed E-state index contributed by atoms with van der Waals surface area (Å²) in [6.07, 6.45) is 14.2. The summed E-state index contributed by atoms with van der Waals surface area (Å²) in [4.78, 5) is 18.8. The summed E-state index contributed by atoms with van der Waals surface area (Å²) in [7, 11) is 2.00. The number of rotatable bonds is 7. The maximum absolute atomic E-state index is 13.2. The van der Waals surface area contributed by atoms with Crippen LogP contribution in [0.5, 0.6) is 0 Å². The number of carbonyl (C=O) groups excluding carboxylic acids is 1. The Kier molecular flexibility index (Phi) is 8.64. The van der Waals surface area contributed by atoms with Gasteiger partial charge in [0.25, 0.3) is 5.82 Å². The van der Waals surface area contributed by atoms with E-state index in [-0.39, 0.29) is 12.0 Å². The zero-order valence-electron chi connectivity index (χ0n) is 22.9. The average Bonchev–Trinajstić information content (AvgIpc) is 3.55. The largest absolute Gasteiger partial charge is 0.494 e. The summed E-state index contributed by atoms with van der Waals surface area (Å²) in [6, 6.07) is 0.763. The number of nitrogens with zero attached hydrogens (tertiary/aromatic N) is 3. The lowest BCUT2D eigenvalue weighted by Gasteiger charge is -2.35. The van der Waals surface area contributed by atoms with Crippen LogP contribution in [0.25, 0.3) is 0 Å². The third-order valence-corrected chi connectivity index (χ3v) is 9.61. The van der Waals surface area contributed by atoms with Crippen molar-refractivity contribution in [2.45, 2.75) is 62.4 Å². The van der Waals surface area contributed by atoms with E-state index in [4.69, 9.17) is 9.26 Å². The summed E-state index contributed by atoms with van der Waals surface area (Å²) in [5.41, 5.74) is 1.46. The maximum Gasteiger partial charge on any atom is 0.435 e. The summed E-state index contributed by atoms with van der Waals surface area (Å²) < 4.78 is 12.4. The number of piperidine rings is 1. The van der Waals surface area contributed by atoms with Gasteiger partial charge in [-0.3, -0.25) is 9.38 Å². The van der Waals surface area contributed by atoms with Crippen molar-refractivity contribution in [2.24, 2.45) is 23.7 Å². The van der Waals surface area contributed by atoms with Gasteiger partial charge in [0.15, 0.2) is 0 Å². The molecule has 0 radical (unpaired) electrons. The number of likely N-dealkylation sites (N-methyl/N-ethyl adjacent to an activating group) is 1. The van der Waals surface area contributed by atoms with Crippen LogP contribution in [-0.4, -0.2) is 66.6 Å². The summed E-state index contributed by atoms with van der Waals surface area (Å²) in [6.45, 7) is 8.32. The second kappa shape index (κ2) is 11.8. The van der Waals surface area contributed by atoms with Crippen molar-refractivity contribution in [2.75, 3.05) is 44.7 Å². The van der Waals surface area contributed by atoms with Crippen LogP contribution >= 0.6 is 22.6 Å². The minimum atomic E-state index is -0.338. The summed E-state index contributed by atoms with van der Waals surface area (Å²) >= 11 is 2.33. The molecule has 2 aliphatic heterocycles. The van der Waals surface area contributed by atoms with E-state index in [1.54, 1.807) is 0 Å². The van der Waals surface area contributed by atoms with Crippen LogP contribution in [0.15, 0.2) is 40.2 Å². The second-order valence-corrected chi connectivity index (χ2v) is 13.9. The molecule has 0 bridgehead atoms. The number of alkyl halides is 1. The third-order valence-electron chi connectivity index (χ3n) is 9.02. The minimum Gasteiger partial charge on any atom is -0.494 e. The molecule has 6 atom stereocenters. The fraction of sp³-hybridized carbons (Fsp3) is 0.690. The van der Waals surface area contributed by atoms with Gasteiger partial charge in [-0.05, 0) is 63.0 Å². The Bertz CT molecular complexity index is 1090. The molecule has 38 heavy (non-hydrogen) atoms. The third kappa shape index (κ3) is 6.20. The number of aliphatic hydroxyl groups is 1. The lowest BCUT2D eigenvalue weighted by Crippen LogP contribution is -2.51. The number of allylic oxidation sites excluding steroid dienone is 5. The molecule has 1 amide bonds. The van der Waals surface area contributed by atoms with Crippen LogP contribution in [0.2, 0.25) is 0 Å². The number of ether oxygens (including phenoxy) is 1. The number of hydrogen-bond donors (Lipinski definition) is 1. The van der Waals surface area contributed by atoms with Crippen molar-refractivity contribution in [1.82, 2.24) is 5.16 Å². The van der Waals surface area contributed by atoms with E-state index >= 15 is 0 Å². The van der Waals surface area contributed by atoms with Crippen molar-refractivity contribution >= 4 is 34.5 Å². The molecule has 3 heterocycles. The first-order valence-corrected chi connectivity index (χ1v) is 15.5. The smallest absolute Gasteiger partial charge is 0.435 e. The van der Waals surface area contributed by atoms with Gasteiger partial charge in [-0.15, -0.1) is 0 Å². The number of carbonyl (C=O) groups is 1. The highest BCUT2D eigenvalue weighted by Gasteiger charge is 2.44. The SMILES string of the molecule is CC(I)c1noc(N2CCC(COC3=CCC(C4=CCC(C(=O)[N+]5(C)CC[C@@H](O)C5)C[C@H]4C)C=C3)CC2)[nH+]1. The molecular weight excluding hydrogens is 595 g/mol. The molecule has 2 aliphatic carbocycles. The fourth-order valence-electron chi connectivity index (χ4n) is 6.61. The lowest BCUT2D eigenvalue weighted by molar-refractivity contribution is -0.824. The summed E-state index contributed by atoms with van der Waals surface area (Å²) in [5.74, 6) is 3.56. The van der Waals surface area contributed by atoms with Crippen LogP contribution in [0.1, 0.15) is 62.1 Å². The van der Waals surface area contributed by atoms with Crippen molar-refractivity contribution in [1.29, 1.82) is 0 Å². The van der Waals surface area contributed by atoms with Gasteiger partial charge in [0.05, 0.1) is 44.4 Å². The normalized spacial score (nSPS) is 33.1. The van der Waals surface area contributed by atoms with Crippen molar-refractivity contribution in [3.8, 4) is 0 Å². The van der Waals surface area contributed by atoms with Gasteiger partial charge >= 0.3 is 11.9 Å². The number of aromatic nitrogens is 2. The number of amides is 1. The molecule has 1 aromatic rings. The van der Waals surface area contributed by atoms with Crippen molar-refractivity contribution in [3.05, 3.63) is 41.5 Å². The van der Waals surface area contributed by atoms with E-state index in [1.165, 1.54) is 5.57 Å². The number of halogens is 1. The molecule has 5 rings (SSSR count). The first-order chi connectivity index (χ1) is 18.2. The Balaban J connectivity index is 1.06. The summed E-state index contributed by atoms with van der Waals surface area (Å²) in [5, 5.41) is 14.1. The van der Waals surface area contributed by atoms with Gasteiger partial charge in [0, 0.05) is 12.3 Å². The molecule has 8 nitrogen and oxygen atoms in total. The van der Waals surface area contributed by atoms with Gasteiger partial charge in [-0.2, -0.15) is 0 Å². The first-order valence-electron chi connectivity index (χ1n) is 14.3. The number of likely N-dealkylation sites (tertiary alicyclic amines) is 1. The molecule has 0 aromatic carbocycles. The van der Waals surface area contributed by atoms with E-state index in [0.29, 0.717) is 38.6 Å². The molecule has 1 aromatic heterocycles. The Morgan fingerprint density at radius 3 is 2.71 bits per heavy atom. The van der Waals surface area contributed by atoms with E-state index < -0.39 is 0 Å². The molecular formula is C29H43IN4O4+2. The van der Waals surface area contributed by atoms with E-state index in [1.807, 2.05) is 7.05 Å². The number of nitrogens with one attached hydrogen (secondary N) is 1. The second-order valence-electron chi connectivity index (χ2n) is 12.0. The zero-order valence-corrected chi connectivity index (χ0v) is 25.1. The number of H-pyrrole nitrogens is 1. The Hall–Kier alpha value is -1.72. The van der Waals surface area contributed by atoms with E-state index in [2.05, 4.69) is 75.8 Å². The number of anilines is 1. The van der Waals surface area contributed by atoms with Crippen molar-refractivity contribution in [3.63, 3.8) is 0 Å². The number of aromatic amines is 1. The van der Waals surface area contributed by atoms with Crippen LogP contribution < -0.4 is 9.88 Å². The molecule has 0 spiro atoms. The van der Waals surface area contributed by atoms with Crippen LogP contribution in [0, 0.1) is 23.7 Å². The molecule has 9 heteroatoms. The number of aliphatic hydroxyl groups excluding tert-OH is 1. The first kappa shape index (κ1) is 27.8. The van der Waals surface area contributed by atoms with E-state index in [9.17, 15) is 9.90 Å². The predicted molar refractivity (Wildman–Crippen MR) is 153 cm³/mol. The highest BCUT2D eigenvalue weighted by Crippen LogP contribution is 2.39. The standard InChI is InChI=1S/C29H42IN4O4/c1-19-16-23(28(36)34(3)15-12-24(35)17-34)6-9-26(19)22-4-7-25(8-5-22)37-18-21-10-13-33(14-11-21)29-31-27(20(2)30)32-38-29/h4,7-9,19-24,35H,5-6,10-18H2,1-3H3/q+1/p+1/t19-,20?,22?,23?,24-,34?/m1/s1. The molecule has 0 saturated carbocycles. The monoisotopic (exact) mass is 638 g/mol. The fourth-order valence-corrected chi connectivity index (χ4v) is 6.88. The topological polar surface area (TPSA) is 89.9 Å². The molecule has 2 fully saturated rings. The van der Waals surface area contributed by atoms with Gasteiger partial charge in [-0.1, -0.05) is 47.2 Å². The maximum atomic E-state index is 13.2. The van der Waals surface area contributed by atoms with Gasteiger partial charge in [0.1, 0.15) is 22.3 Å². The average molecular weight is 639 g/mol. The minimum absolute atomic E-state index is 0.0660. The van der Waals surface area contributed by atoms with Crippen molar-refractivity contribution < 1.29 is 28.6 Å². The molecule has 2 N–H and O–H groups in total. The molecule has 208 valence electrons. The van der Waals surface area contributed by atoms with Crippen LogP contribution in [-0.2, 0) is 9.53 Å². The lowest BCUT2D eigenvalue weighted by atomic mass is 9.75. The van der Waals surface area contributed by atoms with Gasteiger partial charge < -0.3 is 9.84 Å².